The van der Waals surface area contributed by atoms with Crippen molar-refractivity contribution in [3.63, 3.8) is 0 Å². The van der Waals surface area contributed by atoms with Crippen LogP contribution >= 0.6 is 11.3 Å². The quantitative estimate of drug-likeness (QED) is 0.658. The summed E-state index contributed by atoms with van der Waals surface area (Å²) >= 11 is 1.30. The summed E-state index contributed by atoms with van der Waals surface area (Å²) in [5, 5.41) is 2.25. The first-order chi connectivity index (χ1) is 13.4. The van der Waals surface area contributed by atoms with Gasteiger partial charge in [0.2, 0.25) is 5.91 Å². The number of nitrogens with two attached hydrogens (primary N) is 1. The van der Waals surface area contributed by atoms with Crippen molar-refractivity contribution in [1.29, 1.82) is 0 Å². The van der Waals surface area contributed by atoms with E-state index < -0.39 is 5.97 Å². The number of nitrogens with zero attached hydrogens (tertiary/aromatic N) is 4. The van der Waals surface area contributed by atoms with Crippen molar-refractivity contribution in [1.82, 2.24) is 15.0 Å². The molecule has 3 rings (SSSR count). The van der Waals surface area contributed by atoms with E-state index in [1.54, 1.807) is 10.3 Å². The van der Waals surface area contributed by atoms with E-state index in [0.29, 0.717) is 10.8 Å². The minimum atomic E-state index is -0.682. The van der Waals surface area contributed by atoms with Gasteiger partial charge in [0.1, 0.15) is 6.61 Å². The van der Waals surface area contributed by atoms with Crippen LogP contribution in [0.2, 0.25) is 0 Å². The van der Waals surface area contributed by atoms with Crippen LogP contribution < -0.4 is 10.6 Å². The van der Waals surface area contributed by atoms with Crippen molar-refractivity contribution in [2.24, 2.45) is 0 Å². The second kappa shape index (κ2) is 8.13. The Labute approximate surface area is 166 Å². The van der Waals surface area contributed by atoms with Crippen LogP contribution in [-0.2, 0) is 16.1 Å². The number of hydrogen-bond acceptors (Lipinski definition) is 8. The third-order valence-electron chi connectivity index (χ3n) is 4.13. The highest BCUT2D eigenvalue weighted by Crippen LogP contribution is 2.32. The molecule has 0 radical (unpaired) electrons. The zero-order chi connectivity index (χ0) is 20.3. The number of esters is 1. The Balaban J connectivity index is 1.78. The smallest absolute Gasteiger partial charge is 0.361 e. The molecule has 0 fully saturated rings. The molecule has 0 saturated carbocycles. The molecule has 0 saturated heterocycles. The van der Waals surface area contributed by atoms with Gasteiger partial charge >= 0.3 is 5.97 Å². The Bertz CT molecular complexity index is 1030. The number of aromatic nitrogens is 3. The number of aryl methyl sites for hydroxylation is 1. The van der Waals surface area contributed by atoms with Gasteiger partial charge in [0.25, 0.3) is 0 Å². The summed E-state index contributed by atoms with van der Waals surface area (Å²) in [5.41, 5.74) is 8.96. The highest BCUT2D eigenvalue weighted by molar-refractivity contribution is 7.14. The molecule has 1 amide bonds. The van der Waals surface area contributed by atoms with Gasteiger partial charge in [-0.1, -0.05) is 12.1 Å². The van der Waals surface area contributed by atoms with Crippen LogP contribution in [0, 0.1) is 13.8 Å². The number of anilines is 3. The largest absolute Gasteiger partial charge is 0.454 e. The molecular weight excluding hydrogens is 378 g/mol. The molecule has 3 aromatic rings. The molecule has 2 N–H and O–H groups in total. The standard InChI is InChI=1S/C19H19N5O3S/c1-11-5-4-6-15(12(11)2)24(13(3)25)19-23-14(10-28-19)9-27-18(26)16-17(20)22-8-7-21-16/h4-8,10H,9H2,1-3H3,(H2,20,22). The normalized spacial score (nSPS) is 10.5. The average molecular weight is 397 g/mol. The lowest BCUT2D eigenvalue weighted by Gasteiger charge is -2.21. The fourth-order valence-electron chi connectivity index (χ4n) is 2.56. The molecule has 2 aromatic heterocycles. The van der Waals surface area contributed by atoms with E-state index in [1.807, 2.05) is 32.0 Å². The summed E-state index contributed by atoms with van der Waals surface area (Å²) in [6.45, 7) is 5.37. The van der Waals surface area contributed by atoms with E-state index in [0.717, 1.165) is 16.8 Å². The zero-order valence-corrected chi connectivity index (χ0v) is 16.5. The van der Waals surface area contributed by atoms with Gasteiger partial charge < -0.3 is 10.5 Å². The molecule has 0 aliphatic rings. The molecule has 9 heteroatoms. The first-order valence-electron chi connectivity index (χ1n) is 8.43. The van der Waals surface area contributed by atoms with E-state index in [2.05, 4.69) is 15.0 Å². The fourth-order valence-corrected chi connectivity index (χ4v) is 3.43. The Morgan fingerprint density at radius 3 is 2.68 bits per heavy atom. The Kier molecular flexibility index (Phi) is 5.65. The number of carbonyl (C=O) groups is 2. The lowest BCUT2D eigenvalue weighted by molar-refractivity contribution is -0.115. The summed E-state index contributed by atoms with van der Waals surface area (Å²) in [6.07, 6.45) is 2.76. The first-order valence-corrected chi connectivity index (χ1v) is 9.31. The van der Waals surface area contributed by atoms with Crippen LogP contribution in [0.5, 0.6) is 0 Å². The van der Waals surface area contributed by atoms with Gasteiger partial charge in [-0.3, -0.25) is 9.69 Å². The van der Waals surface area contributed by atoms with Crippen LogP contribution in [0.1, 0.15) is 34.2 Å². The number of hydrogen-bond donors (Lipinski definition) is 1. The van der Waals surface area contributed by atoms with Gasteiger partial charge in [0.15, 0.2) is 16.6 Å². The molecule has 2 heterocycles. The molecule has 144 valence electrons. The molecule has 8 nitrogen and oxygen atoms in total. The van der Waals surface area contributed by atoms with E-state index >= 15 is 0 Å². The molecule has 0 aliphatic heterocycles. The molecular formula is C19H19N5O3S. The van der Waals surface area contributed by atoms with Crippen molar-refractivity contribution in [3.8, 4) is 0 Å². The van der Waals surface area contributed by atoms with Gasteiger partial charge in [-0.05, 0) is 31.0 Å². The number of amides is 1. The van der Waals surface area contributed by atoms with E-state index in [-0.39, 0.29) is 24.0 Å². The van der Waals surface area contributed by atoms with Gasteiger partial charge in [0.05, 0.1) is 11.4 Å². The first kappa shape index (κ1) is 19.4. The maximum Gasteiger partial charge on any atom is 0.361 e. The molecule has 1 aromatic carbocycles. The third kappa shape index (κ3) is 3.99. The Morgan fingerprint density at radius 2 is 1.96 bits per heavy atom. The maximum absolute atomic E-state index is 12.3. The van der Waals surface area contributed by atoms with Crippen molar-refractivity contribution < 1.29 is 14.3 Å². The van der Waals surface area contributed by atoms with Gasteiger partial charge in [-0.25, -0.2) is 19.7 Å². The number of carbonyl (C=O) groups excluding carboxylic acids is 2. The van der Waals surface area contributed by atoms with E-state index in [9.17, 15) is 9.59 Å². The SMILES string of the molecule is CC(=O)N(c1nc(COC(=O)c2nccnc2N)cs1)c1cccc(C)c1C. The second-order valence-corrected chi connectivity index (χ2v) is 6.90. The highest BCUT2D eigenvalue weighted by Gasteiger charge is 2.21. The average Bonchev–Trinajstić information content (AvgIpc) is 3.12. The van der Waals surface area contributed by atoms with E-state index in [1.165, 1.54) is 30.7 Å². The lowest BCUT2D eigenvalue weighted by Crippen LogP contribution is -2.23. The summed E-state index contributed by atoms with van der Waals surface area (Å²) in [4.78, 5) is 38.1. The summed E-state index contributed by atoms with van der Waals surface area (Å²) in [6, 6.07) is 5.76. The Morgan fingerprint density at radius 1 is 1.21 bits per heavy atom. The van der Waals surface area contributed by atoms with Crippen LogP contribution in [0.25, 0.3) is 0 Å². The van der Waals surface area contributed by atoms with Gasteiger partial charge in [0, 0.05) is 24.7 Å². The van der Waals surface area contributed by atoms with Crippen LogP contribution in [0.4, 0.5) is 16.6 Å². The number of benzene rings is 1. The molecule has 0 atom stereocenters. The number of nitrogen functional groups attached to an aromatic ring is 1. The van der Waals surface area contributed by atoms with Crippen molar-refractivity contribution in [3.05, 3.63) is 58.5 Å². The predicted octanol–water partition coefficient (Wildman–Crippen LogP) is 3.17. The minimum absolute atomic E-state index is 0.00384. The number of thiazole rings is 1. The van der Waals surface area contributed by atoms with Gasteiger partial charge in [-0.15, -0.1) is 11.3 Å². The molecule has 0 aliphatic carbocycles. The molecule has 0 bridgehead atoms. The molecule has 0 unspecified atom stereocenters. The lowest BCUT2D eigenvalue weighted by atomic mass is 10.1. The maximum atomic E-state index is 12.3. The van der Waals surface area contributed by atoms with Crippen molar-refractivity contribution >= 4 is 39.9 Å². The van der Waals surface area contributed by atoms with Crippen LogP contribution in [0.3, 0.4) is 0 Å². The molecule has 0 spiro atoms. The molecule has 28 heavy (non-hydrogen) atoms. The zero-order valence-electron chi connectivity index (χ0n) is 15.7. The van der Waals surface area contributed by atoms with Crippen LogP contribution in [0.15, 0.2) is 36.0 Å². The predicted molar refractivity (Wildman–Crippen MR) is 106 cm³/mol. The van der Waals surface area contributed by atoms with Crippen LogP contribution in [-0.4, -0.2) is 26.8 Å². The number of rotatable bonds is 5. The summed E-state index contributed by atoms with van der Waals surface area (Å²) in [7, 11) is 0. The summed E-state index contributed by atoms with van der Waals surface area (Å²) in [5.74, 6) is -0.832. The topological polar surface area (TPSA) is 111 Å². The highest BCUT2D eigenvalue weighted by atomic mass is 32.1. The van der Waals surface area contributed by atoms with Crippen molar-refractivity contribution in [2.45, 2.75) is 27.4 Å². The number of ether oxygens (including phenoxy) is 1. The fraction of sp³-hybridized carbons (Fsp3) is 0.211. The summed E-state index contributed by atoms with van der Waals surface area (Å²) < 4.78 is 5.22. The van der Waals surface area contributed by atoms with E-state index in [4.69, 9.17) is 10.5 Å². The monoisotopic (exact) mass is 397 g/mol. The van der Waals surface area contributed by atoms with Gasteiger partial charge in [-0.2, -0.15) is 0 Å². The third-order valence-corrected chi connectivity index (χ3v) is 5.01. The van der Waals surface area contributed by atoms with Crippen molar-refractivity contribution in [2.75, 3.05) is 10.6 Å². The minimum Gasteiger partial charge on any atom is -0.454 e. The Hall–Kier alpha value is -3.33. The second-order valence-electron chi connectivity index (χ2n) is 6.06.